The average molecular weight is 547 g/mol. The van der Waals surface area contributed by atoms with Gasteiger partial charge in [0.2, 0.25) is 0 Å². The monoisotopic (exact) mass is 546 g/mol. The predicted octanol–water partition coefficient (Wildman–Crippen LogP) is 7.42. The van der Waals surface area contributed by atoms with E-state index in [2.05, 4.69) is 51.0 Å². The number of nitrogens with one attached hydrogen (secondary N) is 1. The Morgan fingerprint density at radius 1 is 0.974 bits per heavy atom. The summed E-state index contributed by atoms with van der Waals surface area (Å²) in [4.78, 5) is 19.5. The fourth-order valence-corrected chi connectivity index (χ4v) is 4.92. The molecule has 1 amide bonds. The number of hydrogen-bond acceptors (Lipinski definition) is 5. The topological polar surface area (TPSA) is 102 Å². The molecule has 0 saturated carbocycles. The highest BCUT2D eigenvalue weighted by molar-refractivity contribution is 6.74. The molecular weight excluding hydrogens is 504 g/mol. The number of aromatic nitrogens is 1. The molecule has 0 bridgehead atoms. The SMILES string of the molecule is CC(C)(C)OC(=O)N(Cc1ccc(C(=N)N)cc1)c1cc(C(O[Si](C)(C)C(C)(C)C)c2ccccc2)ccn1. The number of amides is 1. The summed E-state index contributed by atoms with van der Waals surface area (Å²) in [5.74, 6) is 0.464. The van der Waals surface area contributed by atoms with Gasteiger partial charge in [0, 0.05) is 11.8 Å². The van der Waals surface area contributed by atoms with Crippen molar-refractivity contribution in [2.45, 2.75) is 77.9 Å². The van der Waals surface area contributed by atoms with E-state index in [0.717, 1.165) is 16.7 Å². The minimum atomic E-state index is -2.16. The number of rotatable bonds is 8. The molecule has 3 aromatic rings. The van der Waals surface area contributed by atoms with Gasteiger partial charge in [-0.15, -0.1) is 0 Å². The lowest BCUT2D eigenvalue weighted by molar-refractivity contribution is 0.0576. The molecular formula is C31H42N4O3Si. The molecule has 3 rings (SSSR count). The van der Waals surface area contributed by atoms with E-state index in [0.29, 0.717) is 11.4 Å². The zero-order valence-electron chi connectivity index (χ0n) is 24.4. The molecule has 0 aliphatic carbocycles. The van der Waals surface area contributed by atoms with Crippen molar-refractivity contribution < 1.29 is 14.0 Å². The number of benzene rings is 2. The van der Waals surface area contributed by atoms with Gasteiger partial charge in [-0.25, -0.2) is 9.78 Å². The third-order valence-electron chi connectivity index (χ3n) is 6.89. The summed E-state index contributed by atoms with van der Waals surface area (Å²) in [6.45, 7) is 16.9. The third-order valence-corrected chi connectivity index (χ3v) is 11.3. The van der Waals surface area contributed by atoms with Crippen molar-refractivity contribution in [3.63, 3.8) is 0 Å². The van der Waals surface area contributed by atoms with E-state index in [1.807, 2.05) is 63.2 Å². The van der Waals surface area contributed by atoms with E-state index in [1.54, 1.807) is 18.3 Å². The van der Waals surface area contributed by atoms with Crippen molar-refractivity contribution in [1.82, 2.24) is 4.98 Å². The van der Waals surface area contributed by atoms with Crippen LogP contribution in [0.4, 0.5) is 10.6 Å². The van der Waals surface area contributed by atoms with Gasteiger partial charge in [-0.2, -0.15) is 0 Å². The fourth-order valence-electron chi connectivity index (χ4n) is 3.70. The van der Waals surface area contributed by atoms with Gasteiger partial charge < -0.3 is 14.9 Å². The zero-order valence-corrected chi connectivity index (χ0v) is 25.4. The van der Waals surface area contributed by atoms with Crippen LogP contribution in [0.25, 0.3) is 0 Å². The Morgan fingerprint density at radius 3 is 2.13 bits per heavy atom. The van der Waals surface area contributed by atoms with E-state index in [1.165, 1.54) is 4.90 Å². The van der Waals surface area contributed by atoms with Crippen LogP contribution in [0.2, 0.25) is 18.1 Å². The molecule has 0 saturated heterocycles. The van der Waals surface area contributed by atoms with Gasteiger partial charge in [-0.3, -0.25) is 10.3 Å². The molecule has 1 heterocycles. The van der Waals surface area contributed by atoms with Crippen molar-refractivity contribution >= 4 is 26.1 Å². The van der Waals surface area contributed by atoms with E-state index < -0.39 is 20.0 Å². The molecule has 208 valence electrons. The van der Waals surface area contributed by atoms with E-state index >= 15 is 0 Å². The molecule has 1 atom stereocenters. The van der Waals surface area contributed by atoms with Crippen molar-refractivity contribution in [1.29, 1.82) is 5.41 Å². The van der Waals surface area contributed by atoms with Crippen LogP contribution in [0.5, 0.6) is 0 Å². The summed E-state index contributed by atoms with van der Waals surface area (Å²) in [6, 6.07) is 21.3. The smallest absolute Gasteiger partial charge is 0.416 e. The predicted molar refractivity (Wildman–Crippen MR) is 161 cm³/mol. The molecule has 0 spiro atoms. The second-order valence-electron chi connectivity index (χ2n) is 12.3. The standard InChI is InChI=1S/C31H42N4O3Si/c1-30(2,3)37-29(36)35(21-22-14-16-24(17-15-22)28(32)33)26-20-25(18-19-34-26)27(23-12-10-9-11-13-23)38-39(7,8)31(4,5)6/h9-20,27H,21H2,1-8H3,(H3,32,33). The highest BCUT2D eigenvalue weighted by atomic mass is 28.4. The Hall–Kier alpha value is -3.49. The zero-order chi connectivity index (χ0) is 29.0. The molecule has 39 heavy (non-hydrogen) atoms. The Morgan fingerprint density at radius 2 is 1.59 bits per heavy atom. The van der Waals surface area contributed by atoms with E-state index in [4.69, 9.17) is 20.3 Å². The van der Waals surface area contributed by atoms with Gasteiger partial charge in [0.05, 0.1) is 12.6 Å². The maximum Gasteiger partial charge on any atom is 0.416 e. The molecule has 0 aliphatic rings. The second-order valence-corrected chi connectivity index (χ2v) is 17.0. The lowest BCUT2D eigenvalue weighted by atomic mass is 10.0. The van der Waals surface area contributed by atoms with Crippen LogP contribution in [-0.4, -0.2) is 30.8 Å². The van der Waals surface area contributed by atoms with Gasteiger partial charge in [0.25, 0.3) is 0 Å². The van der Waals surface area contributed by atoms with Gasteiger partial charge in [-0.1, -0.05) is 75.4 Å². The number of anilines is 1. The maximum absolute atomic E-state index is 13.4. The van der Waals surface area contributed by atoms with Crippen LogP contribution in [0.15, 0.2) is 72.9 Å². The summed E-state index contributed by atoms with van der Waals surface area (Å²) in [5, 5.41) is 7.68. The lowest BCUT2D eigenvalue weighted by Crippen LogP contribution is -2.42. The summed E-state index contributed by atoms with van der Waals surface area (Å²) in [7, 11) is -2.16. The molecule has 0 fully saturated rings. The van der Waals surface area contributed by atoms with Gasteiger partial charge in [-0.05, 0) is 67.7 Å². The summed E-state index contributed by atoms with van der Waals surface area (Å²) in [5.41, 5.74) is 8.38. The first-order chi connectivity index (χ1) is 18.1. The summed E-state index contributed by atoms with van der Waals surface area (Å²) >= 11 is 0. The fraction of sp³-hybridized carbons (Fsp3) is 0.387. The first-order valence-electron chi connectivity index (χ1n) is 13.2. The summed E-state index contributed by atoms with van der Waals surface area (Å²) < 4.78 is 12.7. The van der Waals surface area contributed by atoms with Crippen molar-refractivity contribution in [3.8, 4) is 0 Å². The highest BCUT2D eigenvalue weighted by Crippen LogP contribution is 2.42. The van der Waals surface area contributed by atoms with Crippen LogP contribution >= 0.6 is 0 Å². The van der Waals surface area contributed by atoms with Crippen molar-refractivity contribution in [2.75, 3.05) is 4.90 Å². The Kier molecular flexibility index (Phi) is 9.03. The normalized spacial score (nSPS) is 13.0. The van der Waals surface area contributed by atoms with Crippen LogP contribution < -0.4 is 10.6 Å². The van der Waals surface area contributed by atoms with Crippen LogP contribution in [0.3, 0.4) is 0 Å². The first kappa shape index (κ1) is 30.1. The van der Waals surface area contributed by atoms with Gasteiger partial charge in [0.15, 0.2) is 8.32 Å². The minimum absolute atomic E-state index is 0.00592. The molecule has 1 unspecified atom stereocenters. The quantitative estimate of drug-likeness (QED) is 0.174. The Labute approximate surface area is 234 Å². The number of pyridine rings is 1. The van der Waals surface area contributed by atoms with E-state index in [-0.39, 0.29) is 23.5 Å². The van der Waals surface area contributed by atoms with Crippen LogP contribution in [-0.2, 0) is 15.7 Å². The van der Waals surface area contributed by atoms with E-state index in [9.17, 15) is 4.79 Å². The number of amidine groups is 1. The number of carbonyl (C=O) groups excluding carboxylic acids is 1. The largest absolute Gasteiger partial charge is 0.443 e. The van der Waals surface area contributed by atoms with Crippen LogP contribution in [0.1, 0.15) is 69.9 Å². The summed E-state index contributed by atoms with van der Waals surface area (Å²) in [6.07, 6.45) is 0.903. The number of nitrogens with two attached hydrogens (primary N) is 1. The molecule has 2 aromatic carbocycles. The number of nitrogen functional groups attached to an aromatic ring is 1. The van der Waals surface area contributed by atoms with Crippen LogP contribution in [0, 0.1) is 5.41 Å². The molecule has 8 heteroatoms. The first-order valence-corrected chi connectivity index (χ1v) is 16.1. The number of nitrogens with zero attached hydrogens (tertiary/aromatic N) is 2. The molecule has 0 radical (unpaired) electrons. The lowest BCUT2D eigenvalue weighted by Gasteiger charge is -2.39. The number of hydrogen-bond donors (Lipinski definition) is 2. The van der Waals surface area contributed by atoms with Crippen molar-refractivity contribution in [2.24, 2.45) is 5.73 Å². The number of carbonyl (C=O) groups is 1. The van der Waals surface area contributed by atoms with Gasteiger partial charge in [0.1, 0.15) is 17.3 Å². The Bertz CT molecular complexity index is 1280. The molecule has 3 N–H and O–H groups in total. The molecule has 1 aromatic heterocycles. The third kappa shape index (κ3) is 8.00. The molecule has 0 aliphatic heterocycles. The van der Waals surface area contributed by atoms with Gasteiger partial charge >= 0.3 is 6.09 Å². The minimum Gasteiger partial charge on any atom is -0.443 e. The molecule has 7 nitrogen and oxygen atoms in total. The maximum atomic E-state index is 13.4. The Balaban J connectivity index is 2.06. The number of ether oxygens (including phenoxy) is 1. The second kappa shape index (κ2) is 11.7. The van der Waals surface area contributed by atoms with Crippen molar-refractivity contribution in [3.05, 3.63) is 95.2 Å². The average Bonchev–Trinajstić information content (AvgIpc) is 2.85. The highest BCUT2D eigenvalue weighted by Gasteiger charge is 2.40.